The van der Waals surface area contributed by atoms with E-state index < -0.39 is 15.3 Å². The second kappa shape index (κ2) is 6.43. The molecule has 0 bridgehead atoms. The summed E-state index contributed by atoms with van der Waals surface area (Å²) in [6, 6.07) is -0.171. The Bertz CT molecular complexity index is 469. The van der Waals surface area contributed by atoms with Crippen LogP contribution in [0.25, 0.3) is 0 Å². The number of amides is 1. The number of hydrogen-bond acceptors (Lipinski definition) is 5. The van der Waals surface area contributed by atoms with Gasteiger partial charge in [0, 0.05) is 6.04 Å². The van der Waals surface area contributed by atoms with Crippen molar-refractivity contribution in [1.29, 1.82) is 0 Å². The molecule has 0 unspecified atom stereocenters. The summed E-state index contributed by atoms with van der Waals surface area (Å²) in [5.41, 5.74) is 4.63. The third-order valence-corrected chi connectivity index (χ3v) is 5.85. The fourth-order valence-corrected chi connectivity index (χ4v) is 3.99. The topological polar surface area (TPSA) is 122 Å². The quantitative estimate of drug-likeness (QED) is 0.290. The third-order valence-electron chi connectivity index (χ3n) is 4.13. The van der Waals surface area contributed by atoms with Crippen molar-refractivity contribution in [3.8, 4) is 0 Å². The van der Waals surface area contributed by atoms with Crippen LogP contribution in [0.15, 0.2) is 5.16 Å². The van der Waals surface area contributed by atoms with E-state index in [4.69, 9.17) is 10.9 Å². The molecule has 0 aromatic rings. The summed E-state index contributed by atoms with van der Waals surface area (Å²) in [6.07, 6.45) is 1.65. The van der Waals surface area contributed by atoms with Crippen LogP contribution in [0.2, 0.25) is 0 Å². The molecular weight excluding hydrogens is 282 g/mol. The van der Waals surface area contributed by atoms with Crippen LogP contribution >= 0.6 is 0 Å². The van der Waals surface area contributed by atoms with E-state index >= 15 is 0 Å². The Morgan fingerprint density at radius 1 is 1.35 bits per heavy atom. The predicted molar refractivity (Wildman–Crippen MR) is 76.2 cm³/mol. The van der Waals surface area contributed by atoms with Crippen LogP contribution in [-0.2, 0) is 14.6 Å². The number of oxime groups is 1. The van der Waals surface area contributed by atoms with Crippen LogP contribution in [0.4, 0.5) is 0 Å². The van der Waals surface area contributed by atoms with Crippen LogP contribution in [0, 0.1) is 5.41 Å². The molecule has 1 amide bonds. The Labute approximate surface area is 119 Å². The van der Waals surface area contributed by atoms with Crippen molar-refractivity contribution in [2.24, 2.45) is 16.3 Å². The Morgan fingerprint density at radius 3 is 2.25 bits per heavy atom. The van der Waals surface area contributed by atoms with E-state index in [0.717, 1.165) is 0 Å². The number of nitrogens with zero attached hydrogens (tertiary/aromatic N) is 1. The number of nitrogens with one attached hydrogen (secondary N) is 1. The van der Waals surface area contributed by atoms with Crippen molar-refractivity contribution in [1.82, 2.24) is 5.32 Å². The molecule has 1 aliphatic rings. The van der Waals surface area contributed by atoms with Gasteiger partial charge in [0.25, 0.3) is 0 Å². The molecule has 7 nitrogen and oxygen atoms in total. The average Bonchev–Trinajstić information content (AvgIpc) is 2.42. The van der Waals surface area contributed by atoms with Crippen molar-refractivity contribution in [3.05, 3.63) is 0 Å². The first kappa shape index (κ1) is 16.7. The van der Waals surface area contributed by atoms with Crippen LogP contribution in [0.1, 0.15) is 39.5 Å². The number of rotatable bonds is 5. The molecule has 8 heteroatoms. The highest BCUT2D eigenvalue weighted by Gasteiger charge is 2.41. The highest BCUT2D eigenvalue weighted by molar-refractivity contribution is 7.91. The van der Waals surface area contributed by atoms with Gasteiger partial charge >= 0.3 is 0 Å². The summed E-state index contributed by atoms with van der Waals surface area (Å²) in [7, 11) is -2.96. The summed E-state index contributed by atoms with van der Waals surface area (Å²) in [5, 5.41) is 14.7. The summed E-state index contributed by atoms with van der Waals surface area (Å²) in [5.74, 6) is -0.231. The zero-order chi connectivity index (χ0) is 15.4. The minimum Gasteiger partial charge on any atom is -0.409 e. The zero-order valence-corrected chi connectivity index (χ0v) is 12.7. The largest absolute Gasteiger partial charge is 0.409 e. The van der Waals surface area contributed by atoms with Gasteiger partial charge in [0.1, 0.15) is 15.3 Å². The van der Waals surface area contributed by atoms with E-state index in [1.165, 1.54) is 0 Å². The molecule has 1 saturated heterocycles. The zero-order valence-electron chi connectivity index (χ0n) is 11.9. The van der Waals surface area contributed by atoms with Crippen LogP contribution in [-0.4, -0.2) is 42.9 Å². The van der Waals surface area contributed by atoms with Crippen molar-refractivity contribution >= 4 is 21.6 Å². The average molecular weight is 305 g/mol. The Balaban J connectivity index is 2.78. The van der Waals surface area contributed by atoms with E-state index in [0.29, 0.717) is 25.7 Å². The summed E-state index contributed by atoms with van der Waals surface area (Å²) >= 11 is 0. The maximum atomic E-state index is 12.4. The van der Waals surface area contributed by atoms with E-state index in [1.807, 2.05) is 0 Å². The van der Waals surface area contributed by atoms with E-state index in [2.05, 4.69) is 10.5 Å². The third kappa shape index (κ3) is 3.41. The number of hydrogen-bond donors (Lipinski definition) is 3. The second-order valence-electron chi connectivity index (χ2n) is 5.17. The summed E-state index contributed by atoms with van der Waals surface area (Å²) < 4.78 is 22.7. The van der Waals surface area contributed by atoms with Crippen molar-refractivity contribution in [2.75, 3.05) is 11.5 Å². The molecule has 0 aromatic carbocycles. The van der Waals surface area contributed by atoms with Gasteiger partial charge in [0.15, 0.2) is 5.84 Å². The lowest BCUT2D eigenvalue weighted by Gasteiger charge is -2.32. The SMILES string of the molecule is CCC(CC)(C(=O)NC1CCS(=O)(=O)CC1)C(N)=NO. The normalized spacial score (nSPS) is 20.6. The van der Waals surface area contributed by atoms with Gasteiger partial charge < -0.3 is 16.3 Å². The van der Waals surface area contributed by atoms with Gasteiger partial charge in [0.2, 0.25) is 5.91 Å². The Hall–Kier alpha value is -1.31. The van der Waals surface area contributed by atoms with E-state index in [-0.39, 0.29) is 29.3 Å². The molecule has 0 radical (unpaired) electrons. The number of carbonyl (C=O) groups excluding carboxylic acids is 1. The minimum atomic E-state index is -2.96. The predicted octanol–water partition coefficient (Wildman–Crippen LogP) is 0.233. The van der Waals surface area contributed by atoms with Gasteiger partial charge in [-0.2, -0.15) is 0 Å². The molecule has 0 atom stereocenters. The first-order valence-corrected chi connectivity index (χ1v) is 8.62. The maximum absolute atomic E-state index is 12.4. The Morgan fingerprint density at radius 2 is 1.85 bits per heavy atom. The Kier molecular flexibility index (Phi) is 5.38. The highest BCUT2D eigenvalue weighted by Crippen LogP contribution is 2.28. The molecule has 1 heterocycles. The highest BCUT2D eigenvalue weighted by atomic mass is 32.2. The fourth-order valence-electron chi connectivity index (χ4n) is 2.50. The van der Waals surface area contributed by atoms with Gasteiger partial charge in [-0.05, 0) is 25.7 Å². The monoisotopic (exact) mass is 305 g/mol. The summed E-state index contributed by atoms with van der Waals surface area (Å²) in [6.45, 7) is 3.60. The van der Waals surface area contributed by atoms with Gasteiger partial charge in [-0.15, -0.1) is 0 Å². The maximum Gasteiger partial charge on any atom is 0.234 e. The first-order chi connectivity index (χ1) is 9.31. The molecule has 0 aromatic heterocycles. The van der Waals surface area contributed by atoms with Crippen LogP contribution < -0.4 is 11.1 Å². The molecule has 4 N–H and O–H groups in total. The van der Waals surface area contributed by atoms with Crippen molar-refractivity contribution in [3.63, 3.8) is 0 Å². The van der Waals surface area contributed by atoms with Crippen LogP contribution in [0.3, 0.4) is 0 Å². The van der Waals surface area contributed by atoms with Crippen molar-refractivity contribution < 1.29 is 18.4 Å². The van der Waals surface area contributed by atoms with Gasteiger partial charge in [-0.1, -0.05) is 19.0 Å². The number of nitrogens with two attached hydrogens (primary N) is 1. The van der Waals surface area contributed by atoms with E-state index in [9.17, 15) is 13.2 Å². The number of sulfone groups is 1. The lowest BCUT2D eigenvalue weighted by Crippen LogP contribution is -2.53. The van der Waals surface area contributed by atoms with Gasteiger partial charge in [0.05, 0.1) is 11.5 Å². The standard InChI is InChI=1S/C12H23N3O4S/c1-3-12(4-2,10(13)15-17)11(16)14-9-5-7-20(18,19)8-6-9/h9,17H,3-8H2,1-2H3,(H2,13,15)(H,14,16). The van der Waals surface area contributed by atoms with Crippen molar-refractivity contribution in [2.45, 2.75) is 45.6 Å². The summed E-state index contributed by atoms with van der Waals surface area (Å²) in [4.78, 5) is 12.4. The molecule has 116 valence electrons. The molecule has 1 rings (SSSR count). The lowest BCUT2D eigenvalue weighted by atomic mass is 9.80. The first-order valence-electron chi connectivity index (χ1n) is 6.80. The molecule has 1 aliphatic heterocycles. The van der Waals surface area contributed by atoms with Crippen LogP contribution in [0.5, 0.6) is 0 Å². The molecule has 0 aliphatic carbocycles. The second-order valence-corrected chi connectivity index (χ2v) is 7.48. The molecular formula is C12H23N3O4S. The van der Waals surface area contributed by atoms with E-state index in [1.54, 1.807) is 13.8 Å². The molecule has 20 heavy (non-hydrogen) atoms. The minimum absolute atomic E-state index is 0.0900. The number of amidine groups is 1. The van der Waals surface area contributed by atoms with Gasteiger partial charge in [-0.3, -0.25) is 4.79 Å². The number of carbonyl (C=O) groups is 1. The fraction of sp³-hybridized carbons (Fsp3) is 0.833. The van der Waals surface area contributed by atoms with Gasteiger partial charge in [-0.25, -0.2) is 8.42 Å². The molecule has 0 spiro atoms. The molecule has 1 fully saturated rings. The smallest absolute Gasteiger partial charge is 0.234 e. The molecule has 0 saturated carbocycles. The lowest BCUT2D eigenvalue weighted by molar-refractivity contribution is -0.128.